The molecule has 0 N–H and O–H groups in total. The fraction of sp³-hybridized carbons (Fsp3) is 0.812. The summed E-state index contributed by atoms with van der Waals surface area (Å²) in [6.07, 6.45) is 19.2. The summed E-state index contributed by atoms with van der Waals surface area (Å²) in [7, 11) is 0. The number of fused-ring (bicyclic) bond motifs is 4. The lowest BCUT2D eigenvalue weighted by atomic mass is 9.59. The van der Waals surface area contributed by atoms with Crippen molar-refractivity contribution in [1.82, 2.24) is 9.80 Å². The monoisotopic (exact) mass is 473 g/mol. The minimum atomic E-state index is 0.766. The largest absolute Gasteiger partial charge is 0.365 e. The van der Waals surface area contributed by atoms with Gasteiger partial charge in [-0.15, -0.1) is 0 Å². The second kappa shape index (κ2) is 8.48. The third-order valence-electron chi connectivity index (χ3n) is 12.4. The highest BCUT2D eigenvalue weighted by Crippen LogP contribution is 2.58. The maximum absolute atomic E-state index is 3.17. The van der Waals surface area contributed by atoms with Crippen molar-refractivity contribution >= 4 is 5.69 Å². The average Bonchev–Trinajstić information content (AvgIpc) is 3.24. The first kappa shape index (κ1) is 22.0. The third kappa shape index (κ3) is 3.22. The van der Waals surface area contributed by atoms with Crippen LogP contribution in [0.25, 0.3) is 0 Å². The smallest absolute Gasteiger partial charge is 0.0371 e. The minimum absolute atomic E-state index is 0.766. The van der Waals surface area contributed by atoms with Gasteiger partial charge in [0.2, 0.25) is 0 Å². The second-order valence-electron chi connectivity index (χ2n) is 13.7. The van der Waals surface area contributed by atoms with Crippen molar-refractivity contribution in [1.29, 1.82) is 0 Å². The maximum atomic E-state index is 3.17. The van der Waals surface area contributed by atoms with Gasteiger partial charge in [0.1, 0.15) is 0 Å². The standard InChI is InChI=1S/C32H47N3/c1-21-14-16-22(17-15-21)35-28-12-6-8-23-25(28)20-30(33-18-4-2-10-26(23)33)32-31-24(9-7-13-29(31)35)27-11-3-5-19-34(27)32/h14-17,23-32H,2-13,18-20H2,1H3. The Labute approximate surface area is 213 Å². The zero-order valence-electron chi connectivity index (χ0n) is 22.0. The molecule has 0 spiro atoms. The van der Waals surface area contributed by atoms with E-state index in [1.54, 1.807) is 5.69 Å². The zero-order chi connectivity index (χ0) is 23.1. The van der Waals surface area contributed by atoms with Crippen LogP contribution in [0, 0.1) is 30.6 Å². The van der Waals surface area contributed by atoms with Crippen molar-refractivity contribution in [3.63, 3.8) is 0 Å². The van der Waals surface area contributed by atoms with Crippen molar-refractivity contribution in [3.05, 3.63) is 29.8 Å². The van der Waals surface area contributed by atoms with Gasteiger partial charge in [-0.25, -0.2) is 0 Å². The molecule has 1 aromatic rings. The van der Waals surface area contributed by atoms with Crippen molar-refractivity contribution in [2.24, 2.45) is 23.7 Å². The molecule has 10 atom stereocenters. The number of anilines is 1. The normalized spacial score (nSPS) is 47.3. The van der Waals surface area contributed by atoms with E-state index in [1.165, 1.54) is 102 Å². The van der Waals surface area contributed by atoms with Crippen LogP contribution in [0.2, 0.25) is 0 Å². The Balaban J connectivity index is 1.30. The molecule has 0 aromatic heterocycles. The topological polar surface area (TPSA) is 9.72 Å². The number of piperidine rings is 3. The number of rotatable bonds is 1. The molecular formula is C32H47N3. The summed E-state index contributed by atoms with van der Waals surface area (Å²) in [5.41, 5.74) is 2.98. The molecule has 1 aromatic carbocycles. The van der Waals surface area contributed by atoms with Crippen molar-refractivity contribution in [2.45, 2.75) is 127 Å². The summed E-state index contributed by atoms with van der Waals surface area (Å²) in [4.78, 5) is 9.44. The van der Waals surface area contributed by atoms with Crippen LogP contribution in [0.5, 0.6) is 0 Å². The van der Waals surface area contributed by atoms with Crippen LogP contribution in [0.3, 0.4) is 0 Å². The van der Waals surface area contributed by atoms with E-state index in [0.717, 1.165) is 59.9 Å². The SMILES string of the molecule is Cc1ccc(N2C3CCCC4C3CC(C3C5C(CCCC52)C2CCCCN23)N2CCCCC42)cc1. The van der Waals surface area contributed by atoms with Crippen molar-refractivity contribution < 1.29 is 0 Å². The molecule has 0 radical (unpaired) electrons. The summed E-state index contributed by atoms with van der Waals surface area (Å²) in [6.45, 7) is 5.06. The predicted molar refractivity (Wildman–Crippen MR) is 144 cm³/mol. The van der Waals surface area contributed by atoms with Gasteiger partial charge in [0.05, 0.1) is 0 Å². The molecular weight excluding hydrogens is 426 g/mol. The zero-order valence-corrected chi connectivity index (χ0v) is 22.0. The van der Waals surface area contributed by atoms with Gasteiger partial charge in [-0.2, -0.15) is 0 Å². The molecule has 5 saturated heterocycles. The van der Waals surface area contributed by atoms with Gasteiger partial charge in [0, 0.05) is 47.9 Å². The van der Waals surface area contributed by atoms with Gasteiger partial charge in [0.25, 0.3) is 0 Å². The van der Waals surface area contributed by atoms with Gasteiger partial charge >= 0.3 is 0 Å². The number of nitrogens with zero attached hydrogens (tertiary/aromatic N) is 3. The molecule has 2 aliphatic carbocycles. The van der Waals surface area contributed by atoms with Crippen LogP contribution in [0.15, 0.2) is 24.3 Å². The molecule has 35 heavy (non-hydrogen) atoms. The Morgan fingerprint density at radius 1 is 0.571 bits per heavy atom. The Morgan fingerprint density at radius 2 is 1.23 bits per heavy atom. The van der Waals surface area contributed by atoms with Gasteiger partial charge in [-0.3, -0.25) is 9.80 Å². The summed E-state index contributed by atoms with van der Waals surface area (Å²) in [6, 6.07) is 14.8. The van der Waals surface area contributed by atoms with Crippen LogP contribution in [0.4, 0.5) is 5.69 Å². The molecule has 190 valence electrons. The second-order valence-corrected chi connectivity index (χ2v) is 13.7. The summed E-state index contributed by atoms with van der Waals surface area (Å²) in [5.74, 6) is 3.71. The predicted octanol–water partition coefficient (Wildman–Crippen LogP) is 6.25. The van der Waals surface area contributed by atoms with Crippen LogP contribution < -0.4 is 4.90 Å². The van der Waals surface area contributed by atoms with E-state index in [2.05, 4.69) is 45.9 Å². The Kier molecular flexibility index (Phi) is 5.33. The molecule has 8 rings (SSSR count). The highest BCUT2D eigenvalue weighted by molar-refractivity contribution is 5.51. The molecule has 5 aliphatic heterocycles. The van der Waals surface area contributed by atoms with Crippen LogP contribution in [-0.4, -0.2) is 59.1 Å². The van der Waals surface area contributed by atoms with Gasteiger partial charge < -0.3 is 4.90 Å². The Bertz CT molecular complexity index is 927. The molecule has 3 heteroatoms. The summed E-state index contributed by atoms with van der Waals surface area (Å²) in [5, 5.41) is 0. The molecule has 3 nitrogen and oxygen atoms in total. The van der Waals surface area contributed by atoms with Gasteiger partial charge in [0.15, 0.2) is 0 Å². The van der Waals surface area contributed by atoms with Crippen molar-refractivity contribution in [3.8, 4) is 0 Å². The fourth-order valence-corrected chi connectivity index (χ4v) is 11.4. The molecule has 7 fully saturated rings. The Hall–Kier alpha value is -1.06. The molecule has 10 unspecified atom stereocenters. The van der Waals surface area contributed by atoms with E-state index in [-0.39, 0.29) is 0 Å². The fourth-order valence-electron chi connectivity index (χ4n) is 11.4. The quantitative estimate of drug-likeness (QED) is 0.477. The van der Waals surface area contributed by atoms with Crippen molar-refractivity contribution in [2.75, 3.05) is 18.0 Å². The number of benzene rings is 1. The van der Waals surface area contributed by atoms with E-state index < -0.39 is 0 Å². The summed E-state index contributed by atoms with van der Waals surface area (Å²) >= 11 is 0. The lowest BCUT2D eigenvalue weighted by Crippen LogP contribution is -2.70. The lowest BCUT2D eigenvalue weighted by molar-refractivity contribution is -0.0894. The van der Waals surface area contributed by atoms with Crippen LogP contribution >= 0.6 is 0 Å². The third-order valence-corrected chi connectivity index (χ3v) is 12.4. The van der Waals surface area contributed by atoms with E-state index >= 15 is 0 Å². The summed E-state index contributed by atoms with van der Waals surface area (Å²) < 4.78 is 0. The molecule has 0 amide bonds. The molecule has 7 aliphatic rings. The van der Waals surface area contributed by atoms with Crippen LogP contribution in [0.1, 0.15) is 89.0 Å². The van der Waals surface area contributed by atoms with Gasteiger partial charge in [-0.1, -0.05) is 43.4 Å². The Morgan fingerprint density at radius 3 is 2.03 bits per heavy atom. The average molecular weight is 474 g/mol. The minimum Gasteiger partial charge on any atom is -0.365 e. The lowest BCUT2D eigenvalue weighted by Gasteiger charge is -2.63. The van der Waals surface area contributed by atoms with Crippen LogP contribution in [-0.2, 0) is 0 Å². The maximum Gasteiger partial charge on any atom is 0.0371 e. The molecule has 5 heterocycles. The van der Waals surface area contributed by atoms with E-state index in [9.17, 15) is 0 Å². The van der Waals surface area contributed by atoms with E-state index in [1.807, 2.05) is 0 Å². The first-order chi connectivity index (χ1) is 17.3. The molecule has 4 bridgehead atoms. The van der Waals surface area contributed by atoms with Gasteiger partial charge in [-0.05, 0) is 108 Å². The molecule has 2 saturated carbocycles. The van der Waals surface area contributed by atoms with E-state index in [0.29, 0.717) is 0 Å². The number of aryl methyl sites for hydroxylation is 1. The highest BCUT2D eigenvalue weighted by Gasteiger charge is 2.62. The first-order valence-electron chi connectivity index (χ1n) is 15.7. The van der Waals surface area contributed by atoms with E-state index in [4.69, 9.17) is 0 Å². The highest BCUT2D eigenvalue weighted by atomic mass is 15.3. The number of hydrogen-bond donors (Lipinski definition) is 0. The number of hydrogen-bond acceptors (Lipinski definition) is 3. The first-order valence-corrected chi connectivity index (χ1v) is 15.7.